The molecule has 0 saturated carbocycles. The molecule has 1 rings (SSSR count). The molecule has 0 radical (unpaired) electrons. The number of pyridine rings is 1. The molecule has 0 amide bonds. The summed E-state index contributed by atoms with van der Waals surface area (Å²) in [5.41, 5.74) is -0.993. The minimum atomic E-state index is -1.05. The molecule has 0 unspecified atom stereocenters. The molecule has 0 aliphatic carbocycles. The maximum Gasteiger partial charge on any atom is 0.281 e. The summed E-state index contributed by atoms with van der Waals surface area (Å²) >= 11 is 0. The van der Waals surface area contributed by atoms with Gasteiger partial charge in [0.25, 0.3) is 5.69 Å². The molecular formula is C5H4N2O3. The fraction of sp³-hybridized carbons (Fsp3) is 0. The molecule has 1 heterocycles. The Kier molecular flexibility index (Phi) is 0.680. The highest BCUT2D eigenvalue weighted by molar-refractivity contribution is 5.23. The summed E-state index contributed by atoms with van der Waals surface area (Å²) in [6.07, 6.45) is -2.00. The standard InChI is InChI=1S/C5H4N2O3/c8-6-3-1-5(2-4-6)7(9)10/h1-4H/i1D,2D,3D,4D. The van der Waals surface area contributed by atoms with Crippen molar-refractivity contribution in [3.05, 3.63) is 39.8 Å². The van der Waals surface area contributed by atoms with Crippen molar-refractivity contribution in [3.8, 4) is 0 Å². The number of hydrogen-bond donors (Lipinski definition) is 0. The van der Waals surface area contributed by atoms with Crippen LogP contribution in [0.3, 0.4) is 0 Å². The van der Waals surface area contributed by atoms with Crippen LogP contribution in [0, 0.1) is 15.3 Å². The molecule has 0 atom stereocenters. The second-order valence-corrected chi connectivity index (χ2v) is 1.37. The van der Waals surface area contributed by atoms with Crippen molar-refractivity contribution in [1.82, 2.24) is 0 Å². The Balaban J connectivity index is 3.68. The molecule has 5 heteroatoms. The summed E-state index contributed by atoms with van der Waals surface area (Å²) in [7, 11) is 0. The molecule has 1 aromatic heterocycles. The Morgan fingerprint density at radius 1 is 1.60 bits per heavy atom. The van der Waals surface area contributed by atoms with E-state index in [4.69, 9.17) is 5.48 Å². The van der Waals surface area contributed by atoms with Crippen molar-refractivity contribution in [2.24, 2.45) is 0 Å². The third-order valence-electron chi connectivity index (χ3n) is 0.734. The highest BCUT2D eigenvalue weighted by Gasteiger charge is 2.03. The quantitative estimate of drug-likeness (QED) is 0.245. The van der Waals surface area contributed by atoms with Gasteiger partial charge in [-0.25, -0.2) is 0 Å². The first-order chi connectivity index (χ1) is 6.37. The first-order valence-electron chi connectivity index (χ1n) is 4.22. The van der Waals surface area contributed by atoms with Crippen LogP contribution in [0.25, 0.3) is 0 Å². The van der Waals surface area contributed by atoms with E-state index in [2.05, 4.69) is 0 Å². The van der Waals surface area contributed by atoms with Crippen LogP contribution >= 0.6 is 0 Å². The maximum atomic E-state index is 10.9. The fourth-order valence-electron chi connectivity index (χ4n) is 0.358. The summed E-state index contributed by atoms with van der Waals surface area (Å²) in [6, 6.07) is -1.91. The predicted molar refractivity (Wildman–Crippen MR) is 32.1 cm³/mol. The Labute approximate surface area is 61.9 Å². The van der Waals surface area contributed by atoms with Gasteiger partial charge < -0.3 is 5.21 Å². The van der Waals surface area contributed by atoms with E-state index in [9.17, 15) is 15.3 Å². The summed E-state index contributed by atoms with van der Waals surface area (Å²) in [5.74, 6) is 0. The van der Waals surface area contributed by atoms with Crippen molar-refractivity contribution in [3.63, 3.8) is 0 Å². The minimum absolute atomic E-state index is 0.308. The van der Waals surface area contributed by atoms with Crippen LogP contribution in [0.5, 0.6) is 0 Å². The zero-order valence-electron chi connectivity index (χ0n) is 8.62. The lowest BCUT2D eigenvalue weighted by Gasteiger charge is -1.91. The number of nitrogens with zero attached hydrogens (tertiary/aromatic N) is 2. The van der Waals surface area contributed by atoms with Gasteiger partial charge in [-0.1, -0.05) is 0 Å². The molecule has 10 heavy (non-hydrogen) atoms. The Hall–Kier alpha value is -1.65. The number of aromatic nitrogens is 1. The lowest BCUT2D eigenvalue weighted by molar-refractivity contribution is -0.606. The molecule has 0 fully saturated rings. The van der Waals surface area contributed by atoms with Gasteiger partial charge in [-0.15, -0.1) is 0 Å². The highest BCUT2D eigenvalue weighted by Crippen LogP contribution is 2.04. The molecule has 0 bridgehead atoms. The first-order valence-corrected chi connectivity index (χ1v) is 2.22. The average Bonchev–Trinajstić information content (AvgIpc) is 2.11. The minimum Gasteiger partial charge on any atom is -0.619 e. The molecule has 0 saturated heterocycles. The average molecular weight is 144 g/mol. The summed E-state index contributed by atoms with van der Waals surface area (Å²) in [4.78, 5) is 9.29. The van der Waals surface area contributed by atoms with Crippen LogP contribution in [0.1, 0.15) is 5.48 Å². The van der Waals surface area contributed by atoms with Crippen molar-refractivity contribution in [2.45, 2.75) is 0 Å². The van der Waals surface area contributed by atoms with Crippen LogP contribution in [-0.2, 0) is 0 Å². The van der Waals surface area contributed by atoms with Crippen LogP contribution < -0.4 is 4.73 Å². The fourth-order valence-corrected chi connectivity index (χ4v) is 0.358. The van der Waals surface area contributed by atoms with Gasteiger partial charge in [0, 0.05) is 0 Å². The molecule has 5 nitrogen and oxygen atoms in total. The molecule has 0 N–H and O–H groups in total. The maximum absolute atomic E-state index is 10.9. The topological polar surface area (TPSA) is 70.1 Å². The van der Waals surface area contributed by atoms with Crippen LogP contribution in [0.2, 0.25) is 0 Å². The van der Waals surface area contributed by atoms with Crippen molar-refractivity contribution < 1.29 is 15.1 Å². The number of rotatable bonds is 1. The smallest absolute Gasteiger partial charge is 0.281 e. The number of nitro groups is 1. The zero-order valence-corrected chi connectivity index (χ0v) is 4.62. The van der Waals surface area contributed by atoms with Gasteiger partial charge in [-0.2, -0.15) is 4.73 Å². The van der Waals surface area contributed by atoms with E-state index in [0.717, 1.165) is 0 Å². The third kappa shape index (κ3) is 1.19. The van der Waals surface area contributed by atoms with Crippen LogP contribution in [0.4, 0.5) is 5.69 Å². The van der Waals surface area contributed by atoms with E-state index in [1.165, 1.54) is 0 Å². The molecule has 1 aromatic rings. The number of hydrogen-bond acceptors (Lipinski definition) is 3. The van der Waals surface area contributed by atoms with E-state index in [-0.39, 0.29) is 4.73 Å². The summed E-state index contributed by atoms with van der Waals surface area (Å²) in [5, 5.41) is 21.2. The van der Waals surface area contributed by atoms with Gasteiger partial charge >= 0.3 is 0 Å². The first kappa shape index (κ1) is 2.96. The van der Waals surface area contributed by atoms with Crippen LogP contribution in [-0.4, -0.2) is 4.92 Å². The van der Waals surface area contributed by atoms with Gasteiger partial charge in [0.05, 0.1) is 19.7 Å². The predicted octanol–water partition coefficient (Wildman–Crippen LogP) is 0.228. The molecule has 0 aliphatic rings. The lowest BCUT2D eigenvalue weighted by atomic mass is 10.4. The normalized spacial score (nSPS) is 14.8. The summed E-state index contributed by atoms with van der Waals surface area (Å²) < 4.78 is 27.7. The van der Waals surface area contributed by atoms with E-state index in [1.54, 1.807) is 0 Å². The lowest BCUT2D eigenvalue weighted by Crippen LogP contribution is -2.23. The van der Waals surface area contributed by atoms with Crippen molar-refractivity contribution in [2.75, 3.05) is 0 Å². The van der Waals surface area contributed by atoms with Gasteiger partial charge in [0.15, 0.2) is 12.3 Å². The van der Waals surface area contributed by atoms with Crippen molar-refractivity contribution >= 4 is 5.69 Å². The van der Waals surface area contributed by atoms with Gasteiger partial charge in [-0.3, -0.25) is 10.1 Å². The van der Waals surface area contributed by atoms with Gasteiger partial charge in [0.1, 0.15) is 2.74 Å². The molecule has 0 aromatic carbocycles. The Morgan fingerprint density at radius 3 is 2.50 bits per heavy atom. The Bertz CT molecular complexity index is 393. The SMILES string of the molecule is [2H]c1c([N+](=O)[O-])c([2H])c([2H])[n+]([O-])c1[2H]. The van der Waals surface area contributed by atoms with E-state index in [0.29, 0.717) is 0 Å². The molecule has 0 spiro atoms. The van der Waals surface area contributed by atoms with E-state index < -0.39 is 35.0 Å². The zero-order chi connectivity index (χ0) is 11.0. The molecule has 52 valence electrons. The Morgan fingerprint density at radius 2 is 2.10 bits per heavy atom. The van der Waals surface area contributed by atoms with Gasteiger partial charge in [-0.05, 0) is 0 Å². The largest absolute Gasteiger partial charge is 0.619 e. The highest BCUT2D eigenvalue weighted by atomic mass is 16.6. The van der Waals surface area contributed by atoms with Gasteiger partial charge in [0.2, 0.25) is 0 Å². The van der Waals surface area contributed by atoms with E-state index in [1.807, 2.05) is 0 Å². The second kappa shape index (κ2) is 2.30. The molecular weight excluding hydrogens is 136 g/mol. The van der Waals surface area contributed by atoms with Crippen LogP contribution in [0.15, 0.2) is 24.4 Å². The van der Waals surface area contributed by atoms with E-state index >= 15 is 0 Å². The molecule has 0 aliphatic heterocycles. The monoisotopic (exact) mass is 144 g/mol. The second-order valence-electron chi connectivity index (χ2n) is 1.37. The third-order valence-corrected chi connectivity index (χ3v) is 0.734. The summed E-state index contributed by atoms with van der Waals surface area (Å²) in [6.45, 7) is 0. The van der Waals surface area contributed by atoms with Crippen molar-refractivity contribution in [1.29, 1.82) is 0 Å².